The minimum absolute atomic E-state index is 0.487. The summed E-state index contributed by atoms with van der Waals surface area (Å²) in [6.45, 7) is 0.590. The lowest BCUT2D eigenvalue weighted by atomic mass is 10.2. The summed E-state index contributed by atoms with van der Waals surface area (Å²) in [5.74, 6) is 0.641. The van der Waals surface area contributed by atoms with Gasteiger partial charge in [0, 0.05) is 6.42 Å². The predicted octanol–water partition coefficient (Wildman–Crippen LogP) is 3.54. The third-order valence-electron chi connectivity index (χ3n) is 2.48. The minimum Gasteiger partial charge on any atom is -0.492 e. The highest BCUT2D eigenvalue weighted by molar-refractivity contribution is 6.34. The number of rotatable bonds is 4. The Hall–Kier alpha value is -1.67. The van der Waals surface area contributed by atoms with Crippen LogP contribution in [0, 0.1) is 0 Å². The topological polar surface area (TPSA) is 35.2 Å². The summed E-state index contributed by atoms with van der Waals surface area (Å²) in [6, 6.07) is 15.6. The van der Waals surface area contributed by atoms with Crippen molar-refractivity contribution in [3.05, 3.63) is 59.1 Å². The van der Waals surface area contributed by atoms with Crippen molar-refractivity contribution >= 4 is 17.3 Å². The fourth-order valence-corrected chi connectivity index (χ4v) is 1.74. The van der Waals surface area contributed by atoms with Gasteiger partial charge in [0.1, 0.15) is 10.8 Å². The van der Waals surface area contributed by atoms with Crippen molar-refractivity contribution < 1.29 is 4.74 Å². The van der Waals surface area contributed by atoms with E-state index in [1.165, 1.54) is 5.56 Å². The molecular formula is C14H14ClNO. The van der Waals surface area contributed by atoms with Gasteiger partial charge in [0.05, 0.1) is 12.3 Å². The number of anilines is 1. The van der Waals surface area contributed by atoms with Gasteiger partial charge in [-0.1, -0.05) is 48.0 Å². The highest BCUT2D eigenvalue weighted by Crippen LogP contribution is 2.29. The third kappa shape index (κ3) is 3.14. The predicted molar refractivity (Wildman–Crippen MR) is 71.5 cm³/mol. The molecule has 0 radical (unpaired) electrons. The second-order valence-corrected chi connectivity index (χ2v) is 4.12. The van der Waals surface area contributed by atoms with Gasteiger partial charge in [-0.3, -0.25) is 0 Å². The van der Waals surface area contributed by atoms with Gasteiger partial charge in [0.2, 0.25) is 0 Å². The quantitative estimate of drug-likeness (QED) is 0.839. The molecule has 2 aromatic carbocycles. The van der Waals surface area contributed by atoms with E-state index in [9.17, 15) is 0 Å². The molecule has 0 aliphatic carbocycles. The molecule has 0 saturated carbocycles. The molecule has 0 bridgehead atoms. The molecule has 0 unspecified atom stereocenters. The number of halogens is 1. The smallest absolute Gasteiger partial charge is 0.140 e. The van der Waals surface area contributed by atoms with Crippen LogP contribution in [0.25, 0.3) is 0 Å². The van der Waals surface area contributed by atoms with Crippen LogP contribution < -0.4 is 10.5 Å². The highest BCUT2D eigenvalue weighted by Gasteiger charge is 2.04. The van der Waals surface area contributed by atoms with Crippen LogP contribution in [0.5, 0.6) is 5.75 Å². The molecule has 0 spiro atoms. The van der Waals surface area contributed by atoms with Crippen LogP contribution >= 0.6 is 11.6 Å². The molecule has 88 valence electrons. The summed E-state index contributed by atoms with van der Waals surface area (Å²) in [4.78, 5) is 0. The van der Waals surface area contributed by atoms with Crippen LogP contribution in [-0.2, 0) is 6.42 Å². The summed E-state index contributed by atoms with van der Waals surface area (Å²) in [7, 11) is 0. The molecule has 2 nitrogen and oxygen atoms in total. The Morgan fingerprint density at radius 3 is 2.53 bits per heavy atom. The number of benzene rings is 2. The Morgan fingerprint density at radius 1 is 1.00 bits per heavy atom. The Bertz CT molecular complexity index is 485. The molecule has 3 heteroatoms. The SMILES string of the molecule is Nc1cccc(OCCc2ccccc2)c1Cl. The number of nitrogens with two attached hydrogens (primary N) is 1. The summed E-state index contributed by atoms with van der Waals surface area (Å²) < 4.78 is 5.61. The number of nitrogen functional groups attached to an aromatic ring is 1. The largest absolute Gasteiger partial charge is 0.492 e. The van der Waals surface area contributed by atoms with Crippen LogP contribution in [0.1, 0.15) is 5.56 Å². The molecule has 0 atom stereocenters. The molecule has 0 aromatic heterocycles. The maximum absolute atomic E-state index is 6.02. The lowest BCUT2D eigenvalue weighted by Gasteiger charge is -2.09. The van der Waals surface area contributed by atoms with E-state index < -0.39 is 0 Å². The molecule has 0 heterocycles. The number of hydrogen-bond acceptors (Lipinski definition) is 2. The third-order valence-corrected chi connectivity index (χ3v) is 2.89. The zero-order valence-electron chi connectivity index (χ0n) is 9.40. The fraction of sp³-hybridized carbons (Fsp3) is 0.143. The maximum atomic E-state index is 6.02. The summed E-state index contributed by atoms with van der Waals surface area (Å²) in [5.41, 5.74) is 7.48. The van der Waals surface area contributed by atoms with Gasteiger partial charge in [-0.05, 0) is 17.7 Å². The van der Waals surface area contributed by atoms with Crippen molar-refractivity contribution in [1.82, 2.24) is 0 Å². The first-order valence-electron chi connectivity index (χ1n) is 5.48. The molecule has 0 aliphatic heterocycles. The molecule has 0 amide bonds. The van der Waals surface area contributed by atoms with E-state index in [4.69, 9.17) is 22.1 Å². The van der Waals surface area contributed by atoms with E-state index in [1.807, 2.05) is 30.3 Å². The summed E-state index contributed by atoms with van der Waals surface area (Å²) >= 11 is 6.02. The number of ether oxygens (including phenoxy) is 1. The lowest BCUT2D eigenvalue weighted by Crippen LogP contribution is -2.02. The molecular weight excluding hydrogens is 234 g/mol. The van der Waals surface area contributed by atoms with Crippen molar-refractivity contribution in [1.29, 1.82) is 0 Å². The van der Waals surface area contributed by atoms with Crippen LogP contribution in [0.3, 0.4) is 0 Å². The van der Waals surface area contributed by atoms with E-state index in [0.29, 0.717) is 23.1 Å². The van der Waals surface area contributed by atoms with Crippen molar-refractivity contribution in [3.8, 4) is 5.75 Å². The zero-order chi connectivity index (χ0) is 12.1. The van der Waals surface area contributed by atoms with Crippen molar-refractivity contribution in [2.45, 2.75) is 6.42 Å². The average molecular weight is 248 g/mol. The van der Waals surface area contributed by atoms with Crippen molar-refractivity contribution in [2.24, 2.45) is 0 Å². The fourth-order valence-electron chi connectivity index (χ4n) is 1.56. The van der Waals surface area contributed by atoms with E-state index in [0.717, 1.165) is 6.42 Å². The Kier molecular flexibility index (Phi) is 3.89. The van der Waals surface area contributed by atoms with E-state index >= 15 is 0 Å². The van der Waals surface area contributed by atoms with Crippen LogP contribution in [0.15, 0.2) is 48.5 Å². The van der Waals surface area contributed by atoms with E-state index in [2.05, 4.69) is 12.1 Å². The molecule has 0 fully saturated rings. The maximum Gasteiger partial charge on any atom is 0.140 e. The van der Waals surface area contributed by atoms with Gasteiger partial charge in [-0.2, -0.15) is 0 Å². The second kappa shape index (κ2) is 5.60. The average Bonchev–Trinajstić information content (AvgIpc) is 2.36. The van der Waals surface area contributed by atoms with E-state index in [1.54, 1.807) is 6.07 Å². The summed E-state index contributed by atoms with van der Waals surface area (Å²) in [6.07, 6.45) is 0.853. The number of hydrogen-bond donors (Lipinski definition) is 1. The van der Waals surface area contributed by atoms with Gasteiger partial charge in [0.25, 0.3) is 0 Å². The van der Waals surface area contributed by atoms with Crippen molar-refractivity contribution in [3.63, 3.8) is 0 Å². The minimum atomic E-state index is 0.487. The van der Waals surface area contributed by atoms with Crippen LogP contribution in [0.4, 0.5) is 5.69 Å². The molecule has 0 aliphatic rings. The van der Waals surface area contributed by atoms with Gasteiger partial charge in [-0.25, -0.2) is 0 Å². The first-order valence-corrected chi connectivity index (χ1v) is 5.86. The normalized spacial score (nSPS) is 10.2. The van der Waals surface area contributed by atoms with Gasteiger partial charge in [-0.15, -0.1) is 0 Å². The first kappa shape index (κ1) is 11.8. The Labute approximate surface area is 106 Å². The molecule has 17 heavy (non-hydrogen) atoms. The van der Waals surface area contributed by atoms with Crippen LogP contribution in [0.2, 0.25) is 5.02 Å². The van der Waals surface area contributed by atoms with E-state index in [-0.39, 0.29) is 0 Å². The van der Waals surface area contributed by atoms with Gasteiger partial charge < -0.3 is 10.5 Å². The molecule has 2 aromatic rings. The highest BCUT2D eigenvalue weighted by atomic mass is 35.5. The summed E-state index contributed by atoms with van der Waals surface area (Å²) in [5, 5.41) is 0.487. The molecule has 0 saturated heterocycles. The standard InChI is InChI=1S/C14H14ClNO/c15-14-12(16)7-4-8-13(14)17-10-9-11-5-2-1-3-6-11/h1-8H,9-10,16H2. The second-order valence-electron chi connectivity index (χ2n) is 3.74. The van der Waals surface area contributed by atoms with Crippen LogP contribution in [-0.4, -0.2) is 6.61 Å². The monoisotopic (exact) mass is 247 g/mol. The zero-order valence-corrected chi connectivity index (χ0v) is 10.2. The Morgan fingerprint density at radius 2 is 1.76 bits per heavy atom. The lowest BCUT2D eigenvalue weighted by molar-refractivity contribution is 0.322. The van der Waals surface area contributed by atoms with Crippen molar-refractivity contribution in [2.75, 3.05) is 12.3 Å². The Balaban J connectivity index is 1.93. The molecule has 2 N–H and O–H groups in total. The van der Waals surface area contributed by atoms with Gasteiger partial charge in [0.15, 0.2) is 0 Å². The van der Waals surface area contributed by atoms with Gasteiger partial charge >= 0.3 is 0 Å². The first-order chi connectivity index (χ1) is 8.27. The molecule has 2 rings (SSSR count).